The van der Waals surface area contributed by atoms with Gasteiger partial charge in [-0.05, 0) is 48.2 Å². The van der Waals surface area contributed by atoms with E-state index >= 15 is 0 Å². The molecule has 4 nitrogen and oxygen atoms in total. The second-order valence-corrected chi connectivity index (χ2v) is 8.86. The molecule has 2 heterocycles. The number of carbonyl (C=O) groups excluding carboxylic acids is 1. The first-order valence-corrected chi connectivity index (χ1v) is 11.4. The molecule has 0 unspecified atom stereocenters. The van der Waals surface area contributed by atoms with Gasteiger partial charge in [0.25, 0.3) is 0 Å². The first kappa shape index (κ1) is 19.3. The van der Waals surface area contributed by atoms with E-state index in [0.717, 1.165) is 16.3 Å². The van der Waals surface area contributed by atoms with Crippen LogP contribution in [0.15, 0.2) is 64.0 Å². The average molecular weight is 428 g/mol. The molecule has 1 fully saturated rings. The van der Waals surface area contributed by atoms with Crippen molar-refractivity contribution in [3.8, 4) is 6.07 Å². The number of carbonyl (C=O) groups is 1. The lowest BCUT2D eigenvalue weighted by molar-refractivity contribution is -0.129. The Labute approximate surface area is 178 Å². The molecule has 1 saturated heterocycles. The van der Waals surface area contributed by atoms with E-state index < -0.39 is 0 Å². The minimum Gasteiger partial charge on any atom is -0.344 e. The molecule has 4 rings (SSSR count). The molecule has 2 aromatic carbocycles. The Hall–Kier alpha value is -2.07. The fourth-order valence-electron chi connectivity index (χ4n) is 3.50. The summed E-state index contributed by atoms with van der Waals surface area (Å²) >= 11 is 9.21. The monoisotopic (exact) mass is 427 g/mol. The van der Waals surface area contributed by atoms with Crippen LogP contribution in [0.25, 0.3) is 0 Å². The van der Waals surface area contributed by atoms with Gasteiger partial charge in [0.1, 0.15) is 0 Å². The topological polar surface area (TPSA) is 47.3 Å². The number of nitrogens with zero attached hydrogens (tertiary/aromatic N) is 3. The number of halogens is 1. The number of thioether (sulfide) groups is 2. The van der Waals surface area contributed by atoms with Crippen molar-refractivity contribution in [2.45, 2.75) is 17.2 Å². The summed E-state index contributed by atoms with van der Waals surface area (Å²) in [6, 6.07) is 18.1. The van der Waals surface area contributed by atoms with Crippen molar-refractivity contribution in [2.75, 3.05) is 23.7 Å². The maximum absolute atomic E-state index is 12.9. The quantitative estimate of drug-likeness (QED) is 0.623. The van der Waals surface area contributed by atoms with Crippen LogP contribution in [0.2, 0.25) is 5.02 Å². The predicted octanol–water partition coefficient (Wildman–Crippen LogP) is 5.28. The molecule has 0 bridgehead atoms. The number of hydrogen-bond acceptors (Lipinski definition) is 5. The Kier molecular flexibility index (Phi) is 5.58. The molecule has 0 aliphatic carbocycles. The molecule has 0 radical (unpaired) electrons. The molecular weight excluding hydrogens is 410 g/mol. The minimum atomic E-state index is -0.172. The lowest BCUT2D eigenvalue weighted by Crippen LogP contribution is -2.47. The maximum Gasteiger partial charge on any atom is 0.229 e. The van der Waals surface area contributed by atoms with E-state index in [4.69, 9.17) is 11.6 Å². The number of allylic oxidation sites excluding steroid dienone is 1. The Morgan fingerprint density at radius 3 is 2.54 bits per heavy atom. The number of fused-ring (bicyclic) bond motifs is 1. The molecule has 0 aromatic heterocycles. The molecule has 1 atom stereocenters. The van der Waals surface area contributed by atoms with Gasteiger partial charge in [-0.2, -0.15) is 5.26 Å². The molecule has 0 saturated carbocycles. The summed E-state index contributed by atoms with van der Waals surface area (Å²) in [5.74, 6) is 0.567. The van der Waals surface area contributed by atoms with Crippen LogP contribution in [-0.2, 0) is 4.79 Å². The van der Waals surface area contributed by atoms with Crippen LogP contribution in [0.4, 0.5) is 5.69 Å². The SMILES string of the molecule is CSc1ccc([C@@H]2CC(=O)N3CN(c4ccc(Cl)cc4)CSC3=C2C#N)cc1. The summed E-state index contributed by atoms with van der Waals surface area (Å²) in [5.41, 5.74) is 2.73. The van der Waals surface area contributed by atoms with Gasteiger partial charge < -0.3 is 4.90 Å². The Morgan fingerprint density at radius 2 is 1.89 bits per heavy atom. The van der Waals surface area contributed by atoms with Crippen LogP contribution >= 0.6 is 35.1 Å². The number of anilines is 1. The van der Waals surface area contributed by atoms with Gasteiger partial charge >= 0.3 is 0 Å². The summed E-state index contributed by atoms with van der Waals surface area (Å²) < 4.78 is 0. The molecular formula is C21H18ClN3OS2. The highest BCUT2D eigenvalue weighted by molar-refractivity contribution is 8.03. The van der Waals surface area contributed by atoms with Crippen LogP contribution in [0.5, 0.6) is 0 Å². The van der Waals surface area contributed by atoms with Gasteiger partial charge in [-0.3, -0.25) is 9.69 Å². The highest BCUT2D eigenvalue weighted by atomic mass is 35.5. The molecule has 1 amide bonds. The Bertz CT molecular complexity index is 967. The van der Waals surface area contributed by atoms with E-state index in [9.17, 15) is 10.1 Å². The summed E-state index contributed by atoms with van der Waals surface area (Å²) in [7, 11) is 0. The zero-order valence-corrected chi connectivity index (χ0v) is 17.7. The fourth-order valence-corrected chi connectivity index (χ4v) is 5.20. The van der Waals surface area contributed by atoms with Crippen LogP contribution in [0.1, 0.15) is 17.9 Å². The largest absolute Gasteiger partial charge is 0.344 e. The minimum absolute atomic E-state index is 0.0547. The van der Waals surface area contributed by atoms with Gasteiger partial charge in [-0.15, -0.1) is 11.8 Å². The van der Waals surface area contributed by atoms with Crippen LogP contribution in [0.3, 0.4) is 0 Å². The zero-order valence-electron chi connectivity index (χ0n) is 15.3. The van der Waals surface area contributed by atoms with E-state index in [1.807, 2.05) is 54.8 Å². The van der Waals surface area contributed by atoms with E-state index in [-0.39, 0.29) is 11.8 Å². The van der Waals surface area contributed by atoms with Gasteiger partial charge in [0, 0.05) is 27.9 Å². The molecule has 2 aromatic rings. The lowest BCUT2D eigenvalue weighted by Gasteiger charge is -2.42. The Morgan fingerprint density at radius 1 is 1.18 bits per heavy atom. The summed E-state index contributed by atoms with van der Waals surface area (Å²) in [4.78, 5) is 18.0. The predicted molar refractivity (Wildman–Crippen MR) is 116 cm³/mol. The molecule has 142 valence electrons. The molecule has 0 spiro atoms. The van der Waals surface area contributed by atoms with Crippen LogP contribution in [0, 0.1) is 11.3 Å². The van der Waals surface area contributed by atoms with E-state index in [1.165, 1.54) is 4.90 Å². The number of benzene rings is 2. The number of amides is 1. The summed E-state index contributed by atoms with van der Waals surface area (Å²) in [6.07, 6.45) is 2.35. The number of hydrogen-bond donors (Lipinski definition) is 0. The second kappa shape index (κ2) is 8.12. The van der Waals surface area contributed by atoms with Gasteiger partial charge in [0.05, 0.1) is 29.2 Å². The molecule has 2 aliphatic rings. The van der Waals surface area contributed by atoms with Gasteiger partial charge in [-0.1, -0.05) is 35.5 Å². The third kappa shape index (κ3) is 3.62. The first-order valence-electron chi connectivity index (χ1n) is 8.82. The average Bonchev–Trinajstić information content (AvgIpc) is 2.74. The standard InChI is InChI=1S/C21H18ClN3OS2/c1-27-17-8-2-14(3-9-17)18-10-20(26)25-12-24(13-28-21(25)19(18)11-23)16-6-4-15(22)5-7-16/h2-9,18H,10,12-13H2,1H3/t18-/m0/s1. The zero-order chi connectivity index (χ0) is 19.7. The third-order valence-corrected chi connectivity index (χ3v) is 7.15. The number of nitriles is 1. The van der Waals surface area contributed by atoms with Crippen molar-refractivity contribution >= 4 is 46.7 Å². The van der Waals surface area contributed by atoms with Crippen molar-refractivity contribution in [3.05, 3.63) is 69.7 Å². The smallest absolute Gasteiger partial charge is 0.229 e. The van der Waals surface area contributed by atoms with Crippen LogP contribution < -0.4 is 4.90 Å². The summed E-state index contributed by atoms with van der Waals surface area (Å²) in [6.45, 7) is 0.451. The Balaban J connectivity index is 1.63. The summed E-state index contributed by atoms with van der Waals surface area (Å²) in [5, 5.41) is 11.4. The molecule has 7 heteroatoms. The number of rotatable bonds is 3. The van der Waals surface area contributed by atoms with Gasteiger partial charge in [0.2, 0.25) is 5.91 Å². The maximum atomic E-state index is 12.9. The normalized spacial score (nSPS) is 19.5. The van der Waals surface area contributed by atoms with Gasteiger partial charge in [0.15, 0.2) is 0 Å². The van der Waals surface area contributed by atoms with Crippen molar-refractivity contribution < 1.29 is 4.79 Å². The van der Waals surface area contributed by atoms with Crippen LogP contribution in [-0.4, -0.2) is 29.6 Å². The van der Waals surface area contributed by atoms with E-state index in [0.29, 0.717) is 29.6 Å². The fraction of sp³-hybridized carbons (Fsp3) is 0.238. The second-order valence-electron chi connectivity index (χ2n) is 6.61. The van der Waals surface area contributed by atoms with Gasteiger partial charge in [-0.25, -0.2) is 0 Å². The van der Waals surface area contributed by atoms with Crippen molar-refractivity contribution in [3.63, 3.8) is 0 Å². The highest BCUT2D eigenvalue weighted by Gasteiger charge is 2.38. The molecule has 28 heavy (non-hydrogen) atoms. The lowest BCUT2D eigenvalue weighted by atomic mass is 9.86. The molecule has 0 N–H and O–H groups in total. The van der Waals surface area contributed by atoms with E-state index in [2.05, 4.69) is 11.0 Å². The van der Waals surface area contributed by atoms with Crippen molar-refractivity contribution in [2.24, 2.45) is 0 Å². The first-order chi connectivity index (χ1) is 13.6. The molecule has 2 aliphatic heterocycles. The highest BCUT2D eigenvalue weighted by Crippen LogP contribution is 2.43. The third-order valence-electron chi connectivity index (χ3n) is 5.00. The van der Waals surface area contributed by atoms with Crippen molar-refractivity contribution in [1.29, 1.82) is 5.26 Å². The van der Waals surface area contributed by atoms with Crippen molar-refractivity contribution in [1.82, 2.24) is 4.90 Å². The van der Waals surface area contributed by atoms with E-state index in [1.54, 1.807) is 28.4 Å².